The van der Waals surface area contributed by atoms with Gasteiger partial charge in [0.25, 0.3) is 0 Å². The molecule has 2 rings (SSSR count). The molecule has 0 amide bonds. The third-order valence-corrected chi connectivity index (χ3v) is 6.48. The summed E-state index contributed by atoms with van der Waals surface area (Å²) in [6.07, 6.45) is 4.14. The zero-order chi connectivity index (χ0) is 13.2. The molecule has 1 aromatic heterocycles. The molecular formula is C12H20N2O2S2. The molecule has 0 spiro atoms. The highest BCUT2D eigenvalue weighted by atomic mass is 32.2. The molecule has 1 heterocycles. The fraction of sp³-hybridized carbons (Fsp3) is 0.667. The van der Waals surface area contributed by atoms with Crippen molar-refractivity contribution in [3.8, 4) is 0 Å². The topological polar surface area (TPSA) is 72.2 Å². The molecule has 18 heavy (non-hydrogen) atoms. The minimum atomic E-state index is -3.37. The number of aryl methyl sites for hydroxylation is 1. The number of hydrogen-bond donors (Lipinski definition) is 2. The molecule has 0 unspecified atom stereocenters. The lowest BCUT2D eigenvalue weighted by molar-refractivity contribution is 0.296. The zero-order valence-corrected chi connectivity index (χ0v) is 12.2. The number of hydrogen-bond acceptors (Lipinski definition) is 4. The van der Waals surface area contributed by atoms with Gasteiger partial charge in [-0.05, 0) is 44.4 Å². The Balaban J connectivity index is 2.12. The Morgan fingerprint density at radius 1 is 1.39 bits per heavy atom. The first-order chi connectivity index (χ1) is 8.53. The lowest BCUT2D eigenvalue weighted by Gasteiger charge is -2.30. The maximum Gasteiger partial charge on any atom is 0.250 e. The second-order valence-electron chi connectivity index (χ2n) is 4.87. The van der Waals surface area contributed by atoms with E-state index in [9.17, 15) is 8.42 Å². The highest BCUT2D eigenvalue weighted by Gasteiger charge is 2.29. The molecule has 0 aromatic carbocycles. The second kappa shape index (κ2) is 5.69. The minimum Gasteiger partial charge on any atom is -0.330 e. The molecule has 0 aliphatic heterocycles. The highest BCUT2D eigenvalue weighted by molar-refractivity contribution is 7.91. The van der Waals surface area contributed by atoms with Crippen molar-refractivity contribution in [2.75, 3.05) is 6.54 Å². The van der Waals surface area contributed by atoms with Crippen LogP contribution in [0.15, 0.2) is 16.3 Å². The van der Waals surface area contributed by atoms with E-state index in [1.54, 1.807) is 6.07 Å². The average Bonchev–Trinajstić information content (AvgIpc) is 2.77. The average molecular weight is 288 g/mol. The third kappa shape index (κ3) is 3.12. The van der Waals surface area contributed by atoms with Crippen LogP contribution in [0.4, 0.5) is 0 Å². The van der Waals surface area contributed by atoms with E-state index in [0.717, 1.165) is 30.6 Å². The van der Waals surface area contributed by atoms with Crippen molar-refractivity contribution >= 4 is 21.4 Å². The molecule has 6 heteroatoms. The lowest BCUT2D eigenvalue weighted by Crippen LogP contribution is -2.44. The molecule has 2 atom stereocenters. The van der Waals surface area contributed by atoms with Gasteiger partial charge >= 0.3 is 0 Å². The van der Waals surface area contributed by atoms with Crippen LogP contribution in [-0.2, 0) is 10.0 Å². The Labute approximate surface area is 113 Å². The standard InChI is InChI=1S/C12H20N2O2S2/c1-9-6-7-12(17-9)18(15,16)14-11-5-3-2-4-10(11)8-13/h6-7,10-11,14H,2-5,8,13H2,1H3/t10-,11-/m0/s1. The van der Waals surface area contributed by atoms with E-state index >= 15 is 0 Å². The zero-order valence-electron chi connectivity index (χ0n) is 10.6. The van der Waals surface area contributed by atoms with Crippen LogP contribution < -0.4 is 10.5 Å². The van der Waals surface area contributed by atoms with Gasteiger partial charge in [-0.1, -0.05) is 12.8 Å². The summed E-state index contributed by atoms with van der Waals surface area (Å²) in [5.74, 6) is 0.273. The van der Waals surface area contributed by atoms with Gasteiger partial charge in [0.05, 0.1) is 0 Å². The van der Waals surface area contributed by atoms with Crippen molar-refractivity contribution in [3.05, 3.63) is 17.0 Å². The number of thiophene rings is 1. The first-order valence-corrected chi connectivity index (χ1v) is 8.62. The number of rotatable bonds is 4. The van der Waals surface area contributed by atoms with Gasteiger partial charge in [0.1, 0.15) is 4.21 Å². The van der Waals surface area contributed by atoms with Crippen molar-refractivity contribution in [1.29, 1.82) is 0 Å². The van der Waals surface area contributed by atoms with Crippen LogP contribution >= 0.6 is 11.3 Å². The second-order valence-corrected chi connectivity index (χ2v) is 8.10. The van der Waals surface area contributed by atoms with E-state index < -0.39 is 10.0 Å². The Morgan fingerprint density at radius 2 is 2.11 bits per heavy atom. The summed E-state index contributed by atoms with van der Waals surface area (Å²) in [6, 6.07) is 3.50. The van der Waals surface area contributed by atoms with Gasteiger partial charge < -0.3 is 5.73 Å². The van der Waals surface area contributed by atoms with Crippen molar-refractivity contribution in [2.45, 2.75) is 42.9 Å². The Morgan fingerprint density at radius 3 is 2.72 bits per heavy atom. The molecule has 1 aliphatic carbocycles. The van der Waals surface area contributed by atoms with E-state index in [4.69, 9.17) is 5.73 Å². The molecule has 1 aliphatic rings. The van der Waals surface area contributed by atoms with Crippen LogP contribution in [0.25, 0.3) is 0 Å². The van der Waals surface area contributed by atoms with Gasteiger partial charge in [-0.25, -0.2) is 13.1 Å². The van der Waals surface area contributed by atoms with Crippen molar-refractivity contribution in [2.24, 2.45) is 11.7 Å². The Kier molecular flexibility index (Phi) is 4.42. The summed E-state index contributed by atoms with van der Waals surface area (Å²) >= 11 is 1.31. The van der Waals surface area contributed by atoms with Crippen LogP contribution in [0.5, 0.6) is 0 Å². The summed E-state index contributed by atoms with van der Waals surface area (Å²) < 4.78 is 27.7. The SMILES string of the molecule is Cc1ccc(S(=O)(=O)N[C@H]2CCCC[C@H]2CN)s1. The first kappa shape index (κ1) is 14.0. The maximum atomic E-state index is 12.2. The van der Waals surface area contributed by atoms with Gasteiger partial charge in [-0.2, -0.15) is 0 Å². The summed E-state index contributed by atoms with van der Waals surface area (Å²) in [6.45, 7) is 2.46. The number of sulfonamides is 1. The van der Waals surface area contributed by atoms with Gasteiger partial charge in [-0.3, -0.25) is 0 Å². The largest absolute Gasteiger partial charge is 0.330 e. The van der Waals surface area contributed by atoms with E-state index in [0.29, 0.717) is 10.8 Å². The molecule has 0 bridgehead atoms. The van der Waals surface area contributed by atoms with Gasteiger partial charge in [0.15, 0.2) is 0 Å². The molecule has 0 saturated heterocycles. The van der Waals surface area contributed by atoms with Crippen molar-refractivity contribution in [1.82, 2.24) is 4.72 Å². The summed E-state index contributed by atoms with van der Waals surface area (Å²) in [5.41, 5.74) is 5.72. The first-order valence-electron chi connectivity index (χ1n) is 6.32. The Bertz CT molecular complexity index is 496. The van der Waals surface area contributed by atoms with Crippen LogP contribution in [0.3, 0.4) is 0 Å². The van der Waals surface area contributed by atoms with Crippen LogP contribution in [0.2, 0.25) is 0 Å². The smallest absolute Gasteiger partial charge is 0.250 e. The predicted octanol–water partition coefficient (Wildman–Crippen LogP) is 1.85. The quantitative estimate of drug-likeness (QED) is 0.888. The monoisotopic (exact) mass is 288 g/mol. The normalized spacial score (nSPS) is 25.2. The molecule has 1 saturated carbocycles. The number of nitrogens with one attached hydrogen (secondary N) is 1. The van der Waals surface area contributed by atoms with Gasteiger partial charge in [-0.15, -0.1) is 11.3 Å². The highest BCUT2D eigenvalue weighted by Crippen LogP contribution is 2.26. The van der Waals surface area contributed by atoms with Crippen molar-refractivity contribution in [3.63, 3.8) is 0 Å². The fourth-order valence-electron chi connectivity index (χ4n) is 2.46. The molecular weight excluding hydrogens is 268 g/mol. The van der Waals surface area contributed by atoms with Gasteiger partial charge in [0, 0.05) is 10.9 Å². The van der Waals surface area contributed by atoms with Crippen molar-refractivity contribution < 1.29 is 8.42 Å². The summed E-state index contributed by atoms with van der Waals surface area (Å²) in [4.78, 5) is 1.01. The van der Waals surface area contributed by atoms with E-state index in [1.165, 1.54) is 11.3 Å². The fourth-order valence-corrected chi connectivity index (χ4v) is 5.10. The maximum absolute atomic E-state index is 12.2. The van der Waals surface area contributed by atoms with E-state index in [-0.39, 0.29) is 12.0 Å². The number of nitrogens with two attached hydrogens (primary N) is 1. The molecule has 4 nitrogen and oxygen atoms in total. The van der Waals surface area contributed by atoms with Crippen LogP contribution in [0.1, 0.15) is 30.6 Å². The summed E-state index contributed by atoms with van der Waals surface area (Å²) in [7, 11) is -3.37. The molecule has 0 radical (unpaired) electrons. The van der Waals surface area contributed by atoms with Crippen LogP contribution in [-0.4, -0.2) is 21.0 Å². The lowest BCUT2D eigenvalue weighted by atomic mass is 9.85. The molecule has 102 valence electrons. The third-order valence-electron chi connectivity index (χ3n) is 3.50. The predicted molar refractivity (Wildman–Crippen MR) is 74.2 cm³/mol. The van der Waals surface area contributed by atoms with E-state index in [1.807, 2.05) is 13.0 Å². The molecule has 1 aromatic rings. The Hall–Kier alpha value is -0.430. The summed E-state index contributed by atoms with van der Waals surface area (Å²) in [5, 5.41) is 0. The molecule has 1 fully saturated rings. The van der Waals surface area contributed by atoms with Crippen LogP contribution in [0, 0.1) is 12.8 Å². The van der Waals surface area contributed by atoms with Gasteiger partial charge in [0.2, 0.25) is 10.0 Å². The minimum absolute atomic E-state index is 0.00356. The van der Waals surface area contributed by atoms with E-state index in [2.05, 4.69) is 4.72 Å². The molecule has 3 N–H and O–H groups in total.